The summed E-state index contributed by atoms with van der Waals surface area (Å²) in [5.74, 6) is 2.32. The summed E-state index contributed by atoms with van der Waals surface area (Å²) in [4.78, 5) is 0. The first kappa shape index (κ1) is 23.6. The number of allylic oxidation sites excluding steroid dienone is 4. The lowest BCUT2D eigenvalue weighted by Crippen LogP contribution is -2.55. The van der Waals surface area contributed by atoms with Crippen LogP contribution in [0.25, 0.3) is 0 Å². The van der Waals surface area contributed by atoms with Gasteiger partial charge < -0.3 is 5.11 Å². The van der Waals surface area contributed by atoms with E-state index >= 15 is 0 Å². The third kappa shape index (κ3) is 3.34. The van der Waals surface area contributed by atoms with Gasteiger partial charge in [-0.15, -0.1) is 0 Å². The summed E-state index contributed by atoms with van der Waals surface area (Å²) in [5, 5.41) is 10.8. The molecule has 0 spiro atoms. The van der Waals surface area contributed by atoms with Crippen LogP contribution in [0.2, 0.25) is 0 Å². The van der Waals surface area contributed by atoms with Crippen LogP contribution >= 0.6 is 0 Å². The van der Waals surface area contributed by atoms with E-state index in [4.69, 9.17) is 0 Å². The van der Waals surface area contributed by atoms with E-state index in [1.165, 1.54) is 63.4 Å². The fourth-order valence-electron chi connectivity index (χ4n) is 9.47. The highest BCUT2D eigenvalue weighted by molar-refractivity contribution is 5.38. The van der Waals surface area contributed by atoms with Crippen molar-refractivity contribution in [1.29, 1.82) is 0 Å². The standard InChI is InChI=1S/C30H50O/c1-20(2)10-9-11-21(3)22-14-18-30(8)24-12-13-25-27(4,5)26(31)16-17-28(25,6)23(24)15-19-29(22,30)7/h10,21-22,25-26,31H,9,11-19H2,1-8H3/t21?,22?,25-,26?,28-,29+,30-/m1/s1. The van der Waals surface area contributed by atoms with E-state index in [0.717, 1.165) is 18.3 Å². The highest BCUT2D eigenvalue weighted by atomic mass is 16.3. The first-order valence-electron chi connectivity index (χ1n) is 13.4. The van der Waals surface area contributed by atoms with Crippen molar-refractivity contribution in [3.05, 3.63) is 22.8 Å². The molecular weight excluding hydrogens is 376 g/mol. The molecule has 4 rings (SSSR count). The Labute approximate surface area is 193 Å². The molecule has 31 heavy (non-hydrogen) atoms. The van der Waals surface area contributed by atoms with Gasteiger partial charge in [0, 0.05) is 0 Å². The van der Waals surface area contributed by atoms with Crippen molar-refractivity contribution in [2.75, 3.05) is 0 Å². The Kier molecular flexibility index (Phi) is 5.90. The minimum absolute atomic E-state index is 0.0465. The second-order valence-electron chi connectivity index (χ2n) is 13.6. The molecule has 1 N–H and O–H groups in total. The van der Waals surface area contributed by atoms with E-state index in [9.17, 15) is 5.11 Å². The van der Waals surface area contributed by atoms with E-state index in [0.29, 0.717) is 22.2 Å². The summed E-state index contributed by atoms with van der Waals surface area (Å²) >= 11 is 0. The third-order valence-corrected chi connectivity index (χ3v) is 11.7. The minimum atomic E-state index is -0.130. The lowest BCUT2D eigenvalue weighted by molar-refractivity contribution is -0.0962. The second kappa shape index (κ2) is 7.75. The largest absolute Gasteiger partial charge is 0.393 e. The fraction of sp³-hybridized carbons (Fsp3) is 0.867. The van der Waals surface area contributed by atoms with Crippen molar-refractivity contribution in [3.8, 4) is 0 Å². The predicted molar refractivity (Wildman–Crippen MR) is 133 cm³/mol. The van der Waals surface area contributed by atoms with Gasteiger partial charge in [0.15, 0.2) is 0 Å². The second-order valence-corrected chi connectivity index (χ2v) is 13.6. The number of rotatable bonds is 4. The van der Waals surface area contributed by atoms with Crippen molar-refractivity contribution >= 4 is 0 Å². The molecule has 0 aromatic rings. The number of aliphatic hydroxyl groups is 1. The summed E-state index contributed by atoms with van der Waals surface area (Å²) in [6.45, 7) is 19.6. The molecule has 0 amide bonds. The van der Waals surface area contributed by atoms with E-state index in [1.54, 1.807) is 0 Å². The van der Waals surface area contributed by atoms with Crippen LogP contribution in [0.1, 0.15) is 120 Å². The van der Waals surface area contributed by atoms with Gasteiger partial charge in [0.1, 0.15) is 0 Å². The van der Waals surface area contributed by atoms with Crippen LogP contribution in [-0.4, -0.2) is 11.2 Å². The van der Waals surface area contributed by atoms with Gasteiger partial charge in [-0.2, -0.15) is 0 Å². The summed E-state index contributed by atoms with van der Waals surface area (Å²) < 4.78 is 0. The monoisotopic (exact) mass is 426 g/mol. The maximum absolute atomic E-state index is 10.8. The van der Waals surface area contributed by atoms with Crippen LogP contribution in [0.5, 0.6) is 0 Å². The maximum atomic E-state index is 10.8. The number of fused-ring (bicyclic) bond motifs is 4. The van der Waals surface area contributed by atoms with Crippen LogP contribution in [0, 0.1) is 39.4 Å². The molecule has 1 nitrogen and oxygen atoms in total. The molecule has 1 heteroatoms. The van der Waals surface area contributed by atoms with Crippen LogP contribution in [0.3, 0.4) is 0 Å². The molecule has 0 bridgehead atoms. The normalized spacial score (nSPS) is 44.9. The van der Waals surface area contributed by atoms with E-state index in [-0.39, 0.29) is 11.5 Å². The Balaban J connectivity index is 1.65. The maximum Gasteiger partial charge on any atom is 0.0594 e. The van der Waals surface area contributed by atoms with Gasteiger partial charge >= 0.3 is 0 Å². The molecule has 7 atom stereocenters. The van der Waals surface area contributed by atoms with Crippen molar-refractivity contribution < 1.29 is 5.11 Å². The molecule has 0 radical (unpaired) electrons. The summed E-state index contributed by atoms with van der Waals surface area (Å²) in [6.07, 6.45) is 15.2. The van der Waals surface area contributed by atoms with E-state index in [1.807, 2.05) is 11.1 Å². The van der Waals surface area contributed by atoms with Gasteiger partial charge in [-0.1, -0.05) is 64.3 Å². The van der Waals surface area contributed by atoms with Gasteiger partial charge in [0.05, 0.1) is 6.10 Å². The first-order valence-corrected chi connectivity index (χ1v) is 13.4. The molecule has 0 aromatic carbocycles. The Morgan fingerprint density at radius 1 is 0.968 bits per heavy atom. The molecule has 4 aliphatic carbocycles. The third-order valence-electron chi connectivity index (χ3n) is 11.7. The van der Waals surface area contributed by atoms with E-state index < -0.39 is 0 Å². The average Bonchev–Trinajstić information content (AvgIpc) is 2.96. The first-order chi connectivity index (χ1) is 14.4. The van der Waals surface area contributed by atoms with Crippen LogP contribution in [0.15, 0.2) is 22.8 Å². The van der Waals surface area contributed by atoms with Crippen LogP contribution < -0.4 is 0 Å². The van der Waals surface area contributed by atoms with Crippen molar-refractivity contribution in [2.24, 2.45) is 39.4 Å². The van der Waals surface area contributed by atoms with Gasteiger partial charge in [-0.05, 0) is 117 Å². The van der Waals surface area contributed by atoms with E-state index in [2.05, 4.69) is 61.5 Å². The van der Waals surface area contributed by atoms with Crippen molar-refractivity contribution in [3.63, 3.8) is 0 Å². The van der Waals surface area contributed by atoms with Crippen LogP contribution in [-0.2, 0) is 0 Å². The zero-order chi connectivity index (χ0) is 22.8. The Morgan fingerprint density at radius 2 is 1.68 bits per heavy atom. The zero-order valence-corrected chi connectivity index (χ0v) is 21.9. The summed E-state index contributed by atoms with van der Waals surface area (Å²) in [7, 11) is 0. The lowest BCUT2D eigenvalue weighted by atomic mass is 9.43. The molecule has 2 fully saturated rings. The van der Waals surface area contributed by atoms with Crippen molar-refractivity contribution in [2.45, 2.75) is 126 Å². The molecule has 3 unspecified atom stereocenters. The Morgan fingerprint density at radius 3 is 2.35 bits per heavy atom. The fourth-order valence-corrected chi connectivity index (χ4v) is 9.47. The topological polar surface area (TPSA) is 20.2 Å². The molecule has 0 heterocycles. The number of hydrogen-bond donors (Lipinski definition) is 1. The molecule has 0 saturated heterocycles. The summed E-state index contributed by atoms with van der Waals surface area (Å²) in [6, 6.07) is 0. The van der Waals surface area contributed by atoms with Gasteiger partial charge in [-0.25, -0.2) is 0 Å². The molecule has 176 valence electrons. The number of hydrogen-bond acceptors (Lipinski definition) is 1. The average molecular weight is 427 g/mol. The van der Waals surface area contributed by atoms with Gasteiger partial charge in [0.25, 0.3) is 0 Å². The SMILES string of the molecule is CC(C)=CCCC(C)C1CC[C@]2(C)C3=C(CC[C@@]12C)[C@@]1(C)CCC(O)C(C)(C)[C@H]1CC3. The van der Waals surface area contributed by atoms with Crippen LogP contribution in [0.4, 0.5) is 0 Å². The molecule has 0 aromatic heterocycles. The lowest BCUT2D eigenvalue weighted by Gasteiger charge is -2.62. The molecule has 4 aliphatic rings. The predicted octanol–water partition coefficient (Wildman–Crippen LogP) is 8.48. The highest BCUT2D eigenvalue weighted by Gasteiger charge is 2.63. The smallest absolute Gasteiger partial charge is 0.0594 e. The van der Waals surface area contributed by atoms with Gasteiger partial charge in [-0.3, -0.25) is 0 Å². The van der Waals surface area contributed by atoms with Gasteiger partial charge in [0.2, 0.25) is 0 Å². The molecular formula is C30H50O. The quantitative estimate of drug-likeness (QED) is 0.447. The molecule has 2 saturated carbocycles. The summed E-state index contributed by atoms with van der Waals surface area (Å²) in [5.41, 5.74) is 6.41. The highest BCUT2D eigenvalue weighted by Crippen LogP contribution is 2.72. The Hall–Kier alpha value is -0.560. The van der Waals surface area contributed by atoms with Crippen molar-refractivity contribution in [1.82, 2.24) is 0 Å². The number of aliphatic hydroxyl groups excluding tert-OH is 1. The zero-order valence-electron chi connectivity index (χ0n) is 21.9. The minimum Gasteiger partial charge on any atom is -0.393 e. The Bertz CT molecular complexity index is 767. The molecule has 0 aliphatic heterocycles.